The predicted octanol–water partition coefficient (Wildman–Crippen LogP) is 0.747. The molecular weight excluding hydrogens is 212 g/mol. The van der Waals surface area contributed by atoms with Crippen molar-refractivity contribution >= 4 is 11.9 Å². The van der Waals surface area contributed by atoms with E-state index in [0.717, 1.165) is 0 Å². The second-order valence-corrected chi connectivity index (χ2v) is 3.66. The van der Waals surface area contributed by atoms with Gasteiger partial charge in [-0.05, 0) is 12.8 Å². The Morgan fingerprint density at radius 3 is 2.38 bits per heavy atom. The van der Waals surface area contributed by atoms with Crippen LogP contribution in [0.1, 0.15) is 26.7 Å². The van der Waals surface area contributed by atoms with Crippen LogP contribution in [-0.2, 0) is 19.1 Å². The lowest BCUT2D eigenvalue weighted by Gasteiger charge is -2.16. The number of rotatable bonds is 7. The van der Waals surface area contributed by atoms with Crippen LogP contribution in [0, 0.1) is 11.8 Å². The van der Waals surface area contributed by atoms with Gasteiger partial charge in [-0.1, -0.05) is 13.8 Å². The molecule has 5 heteroatoms. The van der Waals surface area contributed by atoms with E-state index < -0.39 is 0 Å². The van der Waals surface area contributed by atoms with Crippen LogP contribution >= 0.6 is 0 Å². The normalized spacial score (nSPS) is 14.0. The molecule has 0 saturated heterocycles. The highest BCUT2D eigenvalue weighted by atomic mass is 16.5. The van der Waals surface area contributed by atoms with E-state index in [9.17, 15) is 9.59 Å². The Morgan fingerprint density at radius 1 is 1.31 bits per heavy atom. The number of hydrogen-bond donors (Lipinski definition) is 1. The minimum Gasteiger partial charge on any atom is -0.469 e. The molecule has 0 aromatic carbocycles. The molecule has 0 saturated carbocycles. The van der Waals surface area contributed by atoms with Crippen molar-refractivity contribution in [1.29, 1.82) is 0 Å². The van der Waals surface area contributed by atoms with Crippen LogP contribution in [0.15, 0.2) is 0 Å². The lowest BCUT2D eigenvalue weighted by atomic mass is 9.94. The maximum atomic E-state index is 11.5. The first-order chi connectivity index (χ1) is 7.56. The van der Waals surface area contributed by atoms with Crippen LogP contribution < -0.4 is 0 Å². The number of carbonyl (C=O) groups is 2. The summed E-state index contributed by atoms with van der Waals surface area (Å²) in [4.78, 5) is 22.7. The van der Waals surface area contributed by atoms with Crippen molar-refractivity contribution in [3.05, 3.63) is 0 Å². The Hall–Kier alpha value is -1.10. The van der Waals surface area contributed by atoms with Gasteiger partial charge in [0.1, 0.15) is 6.61 Å². The molecule has 0 aliphatic heterocycles. The molecule has 0 aromatic heterocycles. The molecule has 0 heterocycles. The van der Waals surface area contributed by atoms with E-state index in [4.69, 9.17) is 9.84 Å². The van der Waals surface area contributed by atoms with Crippen molar-refractivity contribution in [2.24, 2.45) is 11.8 Å². The van der Waals surface area contributed by atoms with Gasteiger partial charge in [-0.2, -0.15) is 0 Å². The first-order valence-electron chi connectivity index (χ1n) is 5.42. The van der Waals surface area contributed by atoms with Gasteiger partial charge in [0.2, 0.25) is 0 Å². The van der Waals surface area contributed by atoms with Gasteiger partial charge in [-0.3, -0.25) is 9.59 Å². The number of hydrogen-bond acceptors (Lipinski definition) is 5. The van der Waals surface area contributed by atoms with E-state index in [-0.39, 0.29) is 37.0 Å². The van der Waals surface area contributed by atoms with Crippen molar-refractivity contribution in [2.75, 3.05) is 20.3 Å². The zero-order valence-corrected chi connectivity index (χ0v) is 10.1. The summed E-state index contributed by atoms with van der Waals surface area (Å²) in [5, 5.41) is 8.53. The Bertz CT molecular complexity index is 226. The fourth-order valence-corrected chi connectivity index (χ4v) is 1.42. The summed E-state index contributed by atoms with van der Waals surface area (Å²) in [6, 6.07) is 0. The van der Waals surface area contributed by atoms with Crippen LogP contribution in [0.5, 0.6) is 0 Å². The minimum atomic E-state index is -0.368. The molecule has 16 heavy (non-hydrogen) atoms. The van der Waals surface area contributed by atoms with E-state index in [2.05, 4.69) is 4.74 Å². The molecule has 0 fully saturated rings. The summed E-state index contributed by atoms with van der Waals surface area (Å²) in [7, 11) is 1.32. The van der Waals surface area contributed by atoms with Gasteiger partial charge in [-0.15, -0.1) is 0 Å². The third-order valence-electron chi connectivity index (χ3n) is 2.40. The smallest absolute Gasteiger partial charge is 0.309 e. The van der Waals surface area contributed by atoms with E-state index in [1.54, 1.807) is 6.92 Å². The van der Waals surface area contributed by atoms with E-state index in [1.165, 1.54) is 7.11 Å². The topological polar surface area (TPSA) is 72.8 Å². The molecule has 2 unspecified atom stereocenters. The third kappa shape index (κ3) is 5.11. The maximum Gasteiger partial charge on any atom is 0.309 e. The molecule has 0 rings (SSSR count). The lowest BCUT2D eigenvalue weighted by molar-refractivity contribution is -0.152. The summed E-state index contributed by atoms with van der Waals surface area (Å²) in [6.45, 7) is 3.39. The van der Waals surface area contributed by atoms with Gasteiger partial charge in [0.05, 0.1) is 25.6 Å². The Kier molecular flexibility index (Phi) is 7.54. The zero-order valence-electron chi connectivity index (χ0n) is 10.1. The third-order valence-corrected chi connectivity index (χ3v) is 2.40. The Balaban J connectivity index is 4.18. The average molecular weight is 232 g/mol. The monoisotopic (exact) mass is 232 g/mol. The minimum absolute atomic E-state index is 0.00192. The predicted molar refractivity (Wildman–Crippen MR) is 57.6 cm³/mol. The van der Waals surface area contributed by atoms with E-state index in [1.807, 2.05) is 6.92 Å². The largest absolute Gasteiger partial charge is 0.469 e. The second kappa shape index (κ2) is 8.10. The number of esters is 2. The van der Waals surface area contributed by atoms with Gasteiger partial charge in [-0.25, -0.2) is 0 Å². The summed E-state index contributed by atoms with van der Waals surface area (Å²) in [5.41, 5.74) is 0. The van der Waals surface area contributed by atoms with Crippen LogP contribution in [0.25, 0.3) is 0 Å². The Morgan fingerprint density at radius 2 is 1.94 bits per heavy atom. The molecule has 1 N–H and O–H groups in total. The molecule has 0 amide bonds. The van der Waals surface area contributed by atoms with Gasteiger partial charge < -0.3 is 14.6 Å². The molecule has 0 aromatic rings. The number of carbonyl (C=O) groups excluding carboxylic acids is 2. The summed E-state index contributed by atoms with van der Waals surface area (Å²) < 4.78 is 9.40. The highest BCUT2D eigenvalue weighted by molar-refractivity contribution is 5.75. The maximum absolute atomic E-state index is 11.5. The van der Waals surface area contributed by atoms with E-state index >= 15 is 0 Å². The molecule has 0 bridgehead atoms. The van der Waals surface area contributed by atoms with E-state index in [0.29, 0.717) is 12.8 Å². The van der Waals surface area contributed by atoms with Crippen molar-refractivity contribution < 1.29 is 24.2 Å². The molecule has 5 nitrogen and oxygen atoms in total. The number of aliphatic hydroxyl groups excluding tert-OH is 1. The molecule has 0 aliphatic rings. The SMILES string of the molecule is CCC(CC(C)C(=O)OC)C(=O)OCCO. The average Bonchev–Trinajstić information content (AvgIpc) is 2.31. The van der Waals surface area contributed by atoms with Crippen LogP contribution in [0.3, 0.4) is 0 Å². The zero-order chi connectivity index (χ0) is 12.6. The molecule has 0 aliphatic carbocycles. The highest BCUT2D eigenvalue weighted by Gasteiger charge is 2.24. The molecule has 0 radical (unpaired) electrons. The van der Waals surface area contributed by atoms with Gasteiger partial charge in [0, 0.05) is 0 Å². The fraction of sp³-hybridized carbons (Fsp3) is 0.818. The Labute approximate surface area is 95.7 Å². The molecule has 0 spiro atoms. The van der Waals surface area contributed by atoms with Gasteiger partial charge in [0.25, 0.3) is 0 Å². The quantitative estimate of drug-likeness (QED) is 0.656. The van der Waals surface area contributed by atoms with Crippen molar-refractivity contribution in [3.8, 4) is 0 Å². The van der Waals surface area contributed by atoms with Gasteiger partial charge in [0.15, 0.2) is 0 Å². The summed E-state index contributed by atoms with van der Waals surface area (Å²) >= 11 is 0. The van der Waals surface area contributed by atoms with Crippen LogP contribution in [0.4, 0.5) is 0 Å². The molecule has 94 valence electrons. The number of methoxy groups -OCH3 is 1. The molecule has 2 atom stereocenters. The van der Waals surface area contributed by atoms with Crippen LogP contribution in [0.2, 0.25) is 0 Å². The number of ether oxygens (including phenoxy) is 2. The fourth-order valence-electron chi connectivity index (χ4n) is 1.42. The van der Waals surface area contributed by atoms with Crippen molar-refractivity contribution in [3.63, 3.8) is 0 Å². The number of aliphatic hydroxyl groups is 1. The van der Waals surface area contributed by atoms with Gasteiger partial charge >= 0.3 is 11.9 Å². The second-order valence-electron chi connectivity index (χ2n) is 3.66. The summed E-state index contributed by atoms with van der Waals surface area (Å²) in [5.74, 6) is -1.34. The first-order valence-corrected chi connectivity index (χ1v) is 5.42. The van der Waals surface area contributed by atoms with Crippen molar-refractivity contribution in [2.45, 2.75) is 26.7 Å². The molecular formula is C11H20O5. The van der Waals surface area contributed by atoms with Crippen molar-refractivity contribution in [1.82, 2.24) is 0 Å². The summed E-state index contributed by atoms with van der Waals surface area (Å²) in [6.07, 6.45) is 1.01. The lowest BCUT2D eigenvalue weighted by Crippen LogP contribution is -2.24. The highest BCUT2D eigenvalue weighted by Crippen LogP contribution is 2.18. The first kappa shape index (κ1) is 14.9. The van der Waals surface area contributed by atoms with Crippen LogP contribution in [-0.4, -0.2) is 37.4 Å². The standard InChI is InChI=1S/C11H20O5/c1-4-9(11(14)16-6-5-12)7-8(2)10(13)15-3/h8-9,12H,4-7H2,1-3H3.